The van der Waals surface area contributed by atoms with E-state index >= 15 is 0 Å². The standard InChI is InChI=1S/C14H20ClN3O2/c1-2-18-5-6-20-11(9-18)8-17-14(19)12-4-3-10(16)7-13(12)15/h3-4,7,11H,2,5-6,8-9,16H2,1H3,(H,17,19). The van der Waals surface area contributed by atoms with Crippen molar-refractivity contribution in [2.24, 2.45) is 0 Å². The average Bonchev–Trinajstić information content (AvgIpc) is 2.45. The number of hydrogen-bond donors (Lipinski definition) is 2. The number of rotatable bonds is 4. The number of likely N-dealkylation sites (N-methyl/N-ethyl adjacent to an activating group) is 1. The maximum absolute atomic E-state index is 12.1. The number of morpholine rings is 1. The van der Waals surface area contributed by atoms with Crippen LogP contribution in [0.3, 0.4) is 0 Å². The fourth-order valence-electron chi connectivity index (χ4n) is 2.21. The van der Waals surface area contributed by atoms with Gasteiger partial charge in [-0.05, 0) is 24.7 Å². The highest BCUT2D eigenvalue weighted by Gasteiger charge is 2.20. The van der Waals surface area contributed by atoms with Crippen LogP contribution in [0.15, 0.2) is 18.2 Å². The molecule has 1 amide bonds. The maximum atomic E-state index is 12.1. The molecule has 1 saturated heterocycles. The number of nitrogens with zero attached hydrogens (tertiary/aromatic N) is 1. The Bertz CT molecular complexity index is 481. The number of nitrogens with two attached hydrogens (primary N) is 1. The van der Waals surface area contributed by atoms with Gasteiger partial charge in [-0.1, -0.05) is 18.5 Å². The lowest BCUT2D eigenvalue weighted by Gasteiger charge is -2.32. The third-order valence-corrected chi connectivity index (χ3v) is 3.71. The van der Waals surface area contributed by atoms with Gasteiger partial charge in [0, 0.05) is 25.3 Å². The molecule has 20 heavy (non-hydrogen) atoms. The van der Waals surface area contributed by atoms with Crippen molar-refractivity contribution in [2.45, 2.75) is 13.0 Å². The lowest BCUT2D eigenvalue weighted by atomic mass is 10.2. The third kappa shape index (κ3) is 3.85. The van der Waals surface area contributed by atoms with Crippen molar-refractivity contribution in [3.05, 3.63) is 28.8 Å². The van der Waals surface area contributed by atoms with Gasteiger partial charge in [0.05, 0.1) is 23.3 Å². The van der Waals surface area contributed by atoms with Gasteiger partial charge in [0.15, 0.2) is 0 Å². The van der Waals surface area contributed by atoms with E-state index in [2.05, 4.69) is 17.1 Å². The zero-order valence-corrected chi connectivity index (χ0v) is 12.3. The minimum atomic E-state index is -0.202. The highest BCUT2D eigenvalue weighted by atomic mass is 35.5. The summed E-state index contributed by atoms with van der Waals surface area (Å²) in [5, 5.41) is 3.22. The molecule has 1 heterocycles. The molecule has 1 atom stereocenters. The van der Waals surface area contributed by atoms with Crippen LogP contribution in [0.1, 0.15) is 17.3 Å². The molecule has 1 aliphatic heterocycles. The lowest BCUT2D eigenvalue weighted by Crippen LogP contribution is -2.47. The predicted molar refractivity (Wildman–Crippen MR) is 80.1 cm³/mol. The number of nitrogens with one attached hydrogen (secondary N) is 1. The lowest BCUT2D eigenvalue weighted by molar-refractivity contribution is -0.0246. The molecule has 110 valence electrons. The second kappa shape index (κ2) is 6.92. The Morgan fingerprint density at radius 3 is 3.10 bits per heavy atom. The van der Waals surface area contributed by atoms with Crippen LogP contribution in [0.4, 0.5) is 5.69 Å². The number of carbonyl (C=O) groups excluding carboxylic acids is 1. The van der Waals surface area contributed by atoms with Crippen LogP contribution in [0.25, 0.3) is 0 Å². The molecule has 2 rings (SSSR count). The predicted octanol–water partition coefficient (Wildman–Crippen LogP) is 1.37. The number of anilines is 1. The maximum Gasteiger partial charge on any atom is 0.252 e. The van der Waals surface area contributed by atoms with Gasteiger partial charge < -0.3 is 15.8 Å². The van der Waals surface area contributed by atoms with Crippen molar-refractivity contribution in [3.63, 3.8) is 0 Å². The second-order valence-corrected chi connectivity index (χ2v) is 5.24. The van der Waals surface area contributed by atoms with Crippen LogP contribution in [0.5, 0.6) is 0 Å². The van der Waals surface area contributed by atoms with Crippen LogP contribution >= 0.6 is 11.6 Å². The number of nitrogen functional groups attached to an aromatic ring is 1. The van der Waals surface area contributed by atoms with Gasteiger partial charge in [0.1, 0.15) is 0 Å². The quantitative estimate of drug-likeness (QED) is 0.824. The van der Waals surface area contributed by atoms with E-state index in [0.29, 0.717) is 29.4 Å². The highest BCUT2D eigenvalue weighted by Crippen LogP contribution is 2.19. The van der Waals surface area contributed by atoms with Crippen LogP contribution < -0.4 is 11.1 Å². The fraction of sp³-hybridized carbons (Fsp3) is 0.500. The minimum absolute atomic E-state index is 0.0280. The first-order chi connectivity index (χ1) is 9.60. The molecule has 0 aliphatic carbocycles. The van der Waals surface area contributed by atoms with Crippen LogP contribution in [-0.4, -0.2) is 49.7 Å². The summed E-state index contributed by atoms with van der Waals surface area (Å²) in [7, 11) is 0. The molecule has 1 aromatic carbocycles. The number of hydrogen-bond acceptors (Lipinski definition) is 4. The molecule has 1 aromatic rings. The van der Waals surface area contributed by atoms with Crippen molar-refractivity contribution in [3.8, 4) is 0 Å². The Kier molecular flexibility index (Phi) is 5.23. The molecule has 0 aromatic heterocycles. The van der Waals surface area contributed by atoms with E-state index in [1.54, 1.807) is 18.2 Å². The number of halogens is 1. The summed E-state index contributed by atoms with van der Waals surface area (Å²) >= 11 is 6.01. The molecular weight excluding hydrogens is 278 g/mol. The number of ether oxygens (including phenoxy) is 1. The summed E-state index contributed by atoms with van der Waals surface area (Å²) in [6.07, 6.45) is 0.0280. The zero-order chi connectivity index (χ0) is 14.5. The van der Waals surface area contributed by atoms with Gasteiger partial charge in [-0.25, -0.2) is 0 Å². The van der Waals surface area contributed by atoms with E-state index < -0.39 is 0 Å². The summed E-state index contributed by atoms with van der Waals surface area (Å²) in [4.78, 5) is 14.4. The van der Waals surface area contributed by atoms with Crippen molar-refractivity contribution in [1.82, 2.24) is 10.2 Å². The Labute approximate surface area is 124 Å². The van der Waals surface area contributed by atoms with E-state index in [1.165, 1.54) is 0 Å². The van der Waals surface area contributed by atoms with Crippen molar-refractivity contribution in [2.75, 3.05) is 38.5 Å². The fourth-order valence-corrected chi connectivity index (χ4v) is 2.48. The van der Waals surface area contributed by atoms with Crippen LogP contribution in [0, 0.1) is 0 Å². The second-order valence-electron chi connectivity index (χ2n) is 4.84. The molecular formula is C14H20ClN3O2. The molecule has 5 nitrogen and oxygen atoms in total. The van der Waals surface area contributed by atoms with Crippen LogP contribution in [0.2, 0.25) is 5.02 Å². The summed E-state index contributed by atoms with van der Waals surface area (Å²) < 4.78 is 5.64. The summed E-state index contributed by atoms with van der Waals surface area (Å²) in [5.74, 6) is -0.202. The molecule has 0 saturated carbocycles. The van der Waals surface area contributed by atoms with Crippen LogP contribution in [-0.2, 0) is 4.74 Å². The number of amides is 1. The molecule has 0 spiro atoms. The smallest absolute Gasteiger partial charge is 0.252 e. The normalized spacial score (nSPS) is 19.8. The topological polar surface area (TPSA) is 67.6 Å². The largest absolute Gasteiger partial charge is 0.399 e. The molecule has 1 fully saturated rings. The third-order valence-electron chi connectivity index (χ3n) is 3.40. The highest BCUT2D eigenvalue weighted by molar-refractivity contribution is 6.34. The molecule has 0 bridgehead atoms. The van der Waals surface area contributed by atoms with E-state index in [0.717, 1.165) is 19.6 Å². The Balaban J connectivity index is 1.88. The molecule has 1 unspecified atom stereocenters. The Morgan fingerprint density at radius 2 is 2.40 bits per heavy atom. The summed E-state index contributed by atoms with van der Waals surface area (Å²) in [5.41, 5.74) is 6.58. The Morgan fingerprint density at radius 1 is 1.60 bits per heavy atom. The SMILES string of the molecule is CCN1CCOC(CNC(=O)c2ccc(N)cc2Cl)C1. The van der Waals surface area contributed by atoms with Gasteiger partial charge in [0.2, 0.25) is 0 Å². The average molecular weight is 298 g/mol. The minimum Gasteiger partial charge on any atom is -0.399 e. The monoisotopic (exact) mass is 297 g/mol. The van der Waals surface area contributed by atoms with Gasteiger partial charge in [-0.3, -0.25) is 9.69 Å². The molecule has 6 heteroatoms. The number of carbonyl (C=O) groups is 1. The summed E-state index contributed by atoms with van der Waals surface area (Å²) in [6, 6.07) is 4.87. The van der Waals surface area contributed by atoms with E-state index in [1.807, 2.05) is 0 Å². The zero-order valence-electron chi connectivity index (χ0n) is 11.6. The van der Waals surface area contributed by atoms with Crippen molar-refractivity contribution >= 4 is 23.2 Å². The van der Waals surface area contributed by atoms with E-state index in [4.69, 9.17) is 22.1 Å². The van der Waals surface area contributed by atoms with Gasteiger partial charge >= 0.3 is 0 Å². The van der Waals surface area contributed by atoms with Crippen molar-refractivity contribution < 1.29 is 9.53 Å². The molecule has 3 N–H and O–H groups in total. The first-order valence-corrected chi connectivity index (χ1v) is 7.15. The van der Waals surface area contributed by atoms with Crippen molar-refractivity contribution in [1.29, 1.82) is 0 Å². The Hall–Kier alpha value is -1.30. The van der Waals surface area contributed by atoms with E-state index in [-0.39, 0.29) is 12.0 Å². The van der Waals surface area contributed by atoms with Gasteiger partial charge in [0.25, 0.3) is 5.91 Å². The molecule has 1 aliphatic rings. The first kappa shape index (κ1) is 15.1. The summed E-state index contributed by atoms with van der Waals surface area (Å²) in [6.45, 7) is 6.09. The van der Waals surface area contributed by atoms with E-state index in [9.17, 15) is 4.79 Å². The molecule has 0 radical (unpaired) electrons. The first-order valence-electron chi connectivity index (χ1n) is 6.77. The van der Waals surface area contributed by atoms with Gasteiger partial charge in [-0.15, -0.1) is 0 Å². The number of benzene rings is 1. The van der Waals surface area contributed by atoms with Gasteiger partial charge in [-0.2, -0.15) is 0 Å².